The molecular weight excluding hydrogens is 513 g/mol. The third kappa shape index (κ3) is 5.27. The van der Waals surface area contributed by atoms with E-state index >= 15 is 0 Å². The van der Waals surface area contributed by atoms with E-state index in [1.807, 2.05) is 35.2 Å². The molecular formula is C32H33ClFN3O2. The summed E-state index contributed by atoms with van der Waals surface area (Å²) in [5.74, 6) is -0.327. The summed E-state index contributed by atoms with van der Waals surface area (Å²) in [6, 6.07) is 19.6. The number of carbonyl (C=O) groups is 2. The number of amides is 2. The fourth-order valence-electron chi connectivity index (χ4n) is 6.52. The summed E-state index contributed by atoms with van der Waals surface area (Å²) < 4.78 is 13.3. The maximum Gasteiger partial charge on any atom is 0.253 e. The molecule has 2 aliphatic heterocycles. The van der Waals surface area contributed by atoms with Gasteiger partial charge in [-0.25, -0.2) is 4.39 Å². The number of hydrogen-bond donors (Lipinski definition) is 1. The first-order valence-electron chi connectivity index (χ1n) is 13.9. The van der Waals surface area contributed by atoms with Crippen molar-refractivity contribution in [3.63, 3.8) is 0 Å². The lowest BCUT2D eigenvalue weighted by Gasteiger charge is -2.47. The van der Waals surface area contributed by atoms with Crippen LogP contribution in [0.1, 0.15) is 70.0 Å². The number of anilines is 1. The Kier molecular flexibility index (Phi) is 7.06. The van der Waals surface area contributed by atoms with E-state index in [1.165, 1.54) is 17.7 Å². The Hall–Kier alpha value is -3.38. The van der Waals surface area contributed by atoms with Gasteiger partial charge in [-0.2, -0.15) is 0 Å². The highest BCUT2D eigenvalue weighted by molar-refractivity contribution is 6.33. The van der Waals surface area contributed by atoms with E-state index in [4.69, 9.17) is 11.6 Å². The number of carbonyl (C=O) groups excluding carboxylic acids is 2. The molecule has 0 aromatic heterocycles. The second kappa shape index (κ2) is 10.6. The third-order valence-corrected chi connectivity index (χ3v) is 9.35. The van der Waals surface area contributed by atoms with E-state index < -0.39 is 0 Å². The Morgan fingerprint density at radius 2 is 1.59 bits per heavy atom. The molecule has 3 aromatic carbocycles. The number of nitrogens with zero attached hydrogens (tertiary/aromatic N) is 2. The van der Waals surface area contributed by atoms with Gasteiger partial charge in [-0.15, -0.1) is 0 Å². The molecule has 2 heterocycles. The minimum Gasteiger partial charge on any atom is -0.371 e. The van der Waals surface area contributed by atoms with Gasteiger partial charge in [0.2, 0.25) is 0 Å². The summed E-state index contributed by atoms with van der Waals surface area (Å²) in [4.78, 5) is 30.7. The molecule has 7 heteroatoms. The van der Waals surface area contributed by atoms with E-state index in [1.54, 1.807) is 24.3 Å². The summed E-state index contributed by atoms with van der Waals surface area (Å²) in [6.45, 7) is 3.45. The van der Waals surface area contributed by atoms with Gasteiger partial charge in [-0.05, 0) is 104 Å². The standard InChI is InChI=1S/C32H33ClFN3O2/c33-28-4-2-1-3-26(28)30(38)35-29-12-7-22-5-6-23(21-27(22)29)31(39)37-19-15-32(16-20-37)13-17-36(18-14-32)25-10-8-24(34)9-11-25/h1-6,8-11,21,29H,7,12-20H2,(H,35,38). The molecule has 0 radical (unpaired) electrons. The normalized spacial score (nSPS) is 20.1. The van der Waals surface area contributed by atoms with Crippen LogP contribution in [0, 0.1) is 11.2 Å². The van der Waals surface area contributed by atoms with Crippen LogP contribution in [0.5, 0.6) is 0 Å². The van der Waals surface area contributed by atoms with Gasteiger partial charge in [0.15, 0.2) is 0 Å². The molecule has 5 nitrogen and oxygen atoms in total. The molecule has 1 spiro atoms. The average Bonchev–Trinajstić information content (AvgIpc) is 3.36. The Bertz CT molecular complexity index is 1370. The van der Waals surface area contributed by atoms with Crippen molar-refractivity contribution in [2.45, 2.75) is 44.6 Å². The molecule has 1 aliphatic carbocycles. The zero-order valence-electron chi connectivity index (χ0n) is 22.0. The van der Waals surface area contributed by atoms with Gasteiger partial charge in [0.05, 0.1) is 16.6 Å². The number of fused-ring (bicyclic) bond motifs is 1. The van der Waals surface area contributed by atoms with Crippen LogP contribution in [0.15, 0.2) is 66.7 Å². The zero-order chi connectivity index (χ0) is 27.0. The van der Waals surface area contributed by atoms with Crippen molar-refractivity contribution in [2.75, 3.05) is 31.1 Å². The summed E-state index contributed by atoms with van der Waals surface area (Å²) in [5.41, 5.74) is 4.72. The smallest absolute Gasteiger partial charge is 0.253 e. The molecule has 1 unspecified atom stereocenters. The van der Waals surface area contributed by atoms with Crippen LogP contribution in [0.4, 0.5) is 10.1 Å². The minimum absolute atomic E-state index is 0.0690. The van der Waals surface area contributed by atoms with Crippen LogP contribution in [0.3, 0.4) is 0 Å². The highest BCUT2D eigenvalue weighted by atomic mass is 35.5. The van der Waals surface area contributed by atoms with E-state index in [0.717, 1.165) is 76.0 Å². The fourth-order valence-corrected chi connectivity index (χ4v) is 6.75. The minimum atomic E-state index is -0.204. The van der Waals surface area contributed by atoms with E-state index in [2.05, 4.69) is 10.2 Å². The van der Waals surface area contributed by atoms with Crippen LogP contribution < -0.4 is 10.2 Å². The first kappa shape index (κ1) is 25.9. The maximum absolute atomic E-state index is 13.5. The molecule has 3 aromatic rings. The van der Waals surface area contributed by atoms with Crippen LogP contribution >= 0.6 is 11.6 Å². The Labute approximate surface area is 233 Å². The first-order valence-corrected chi connectivity index (χ1v) is 14.3. The van der Waals surface area contributed by atoms with Gasteiger partial charge in [-0.1, -0.05) is 29.8 Å². The monoisotopic (exact) mass is 545 g/mol. The summed E-state index contributed by atoms with van der Waals surface area (Å²) in [5, 5.41) is 3.56. The quantitative estimate of drug-likeness (QED) is 0.411. The molecule has 0 saturated carbocycles. The van der Waals surface area contributed by atoms with Gasteiger partial charge in [0.1, 0.15) is 5.82 Å². The average molecular weight is 546 g/mol. The largest absolute Gasteiger partial charge is 0.371 e. The van der Waals surface area contributed by atoms with E-state index in [-0.39, 0.29) is 29.1 Å². The SMILES string of the molecule is O=C(NC1CCc2ccc(C(=O)N3CCC4(CC3)CCN(c3ccc(F)cc3)CC4)cc21)c1ccccc1Cl. The molecule has 0 bridgehead atoms. The van der Waals surface area contributed by atoms with E-state index in [0.29, 0.717) is 16.1 Å². The molecule has 2 fully saturated rings. The number of piperidine rings is 2. The van der Waals surface area contributed by atoms with Crippen molar-refractivity contribution in [2.24, 2.45) is 5.41 Å². The molecule has 39 heavy (non-hydrogen) atoms. The van der Waals surface area contributed by atoms with Crippen molar-refractivity contribution in [3.8, 4) is 0 Å². The fraction of sp³-hybridized carbons (Fsp3) is 0.375. The number of aryl methyl sites for hydroxylation is 1. The number of halogens is 2. The topological polar surface area (TPSA) is 52.7 Å². The van der Waals surface area contributed by atoms with Gasteiger partial charge in [0.25, 0.3) is 11.8 Å². The van der Waals surface area contributed by atoms with Crippen LogP contribution in [0.25, 0.3) is 0 Å². The highest BCUT2D eigenvalue weighted by Crippen LogP contribution is 2.42. The van der Waals surface area contributed by atoms with Gasteiger partial charge < -0.3 is 15.1 Å². The summed E-state index contributed by atoms with van der Waals surface area (Å²) in [6.07, 6.45) is 5.90. The lowest BCUT2D eigenvalue weighted by atomic mass is 9.71. The van der Waals surface area contributed by atoms with Crippen LogP contribution in [-0.2, 0) is 6.42 Å². The van der Waals surface area contributed by atoms with Crippen molar-refractivity contribution in [3.05, 3.63) is 99.8 Å². The number of rotatable bonds is 4. The molecule has 1 atom stereocenters. The molecule has 3 aliphatic rings. The van der Waals surface area contributed by atoms with Crippen molar-refractivity contribution in [1.29, 1.82) is 0 Å². The molecule has 2 amide bonds. The molecule has 1 N–H and O–H groups in total. The van der Waals surface area contributed by atoms with Crippen LogP contribution in [0.2, 0.25) is 5.02 Å². The molecule has 6 rings (SSSR count). The Balaban J connectivity index is 1.07. The van der Waals surface area contributed by atoms with E-state index in [9.17, 15) is 14.0 Å². The zero-order valence-corrected chi connectivity index (χ0v) is 22.7. The maximum atomic E-state index is 13.5. The second-order valence-electron chi connectivity index (χ2n) is 11.2. The number of hydrogen-bond acceptors (Lipinski definition) is 3. The summed E-state index contributed by atoms with van der Waals surface area (Å²) >= 11 is 6.23. The van der Waals surface area contributed by atoms with Gasteiger partial charge in [0, 0.05) is 37.4 Å². The van der Waals surface area contributed by atoms with Crippen LogP contribution in [-0.4, -0.2) is 42.9 Å². The Morgan fingerprint density at radius 3 is 2.31 bits per heavy atom. The molecule has 2 saturated heterocycles. The lowest BCUT2D eigenvalue weighted by Crippen LogP contribution is -2.48. The summed E-state index contributed by atoms with van der Waals surface area (Å²) in [7, 11) is 0. The number of likely N-dealkylation sites (tertiary alicyclic amines) is 1. The van der Waals surface area contributed by atoms with Crippen molar-refractivity contribution in [1.82, 2.24) is 10.2 Å². The lowest BCUT2D eigenvalue weighted by molar-refractivity contribution is 0.0515. The Morgan fingerprint density at radius 1 is 0.897 bits per heavy atom. The second-order valence-corrected chi connectivity index (χ2v) is 11.6. The van der Waals surface area contributed by atoms with Gasteiger partial charge >= 0.3 is 0 Å². The van der Waals surface area contributed by atoms with Crippen molar-refractivity contribution < 1.29 is 14.0 Å². The third-order valence-electron chi connectivity index (χ3n) is 9.02. The predicted molar refractivity (Wildman–Crippen MR) is 152 cm³/mol. The first-order chi connectivity index (χ1) is 18.9. The predicted octanol–water partition coefficient (Wildman–Crippen LogP) is 6.42. The number of nitrogens with one attached hydrogen (secondary N) is 1. The number of benzene rings is 3. The highest BCUT2D eigenvalue weighted by Gasteiger charge is 2.39. The molecule has 202 valence electrons. The van der Waals surface area contributed by atoms with Gasteiger partial charge in [-0.3, -0.25) is 9.59 Å². The van der Waals surface area contributed by atoms with Crippen molar-refractivity contribution >= 4 is 29.1 Å².